The number of carbonyl (C=O) groups is 2. The molecule has 1 heterocycles. The van der Waals surface area contributed by atoms with Gasteiger partial charge in [-0.05, 0) is 32.8 Å². The van der Waals surface area contributed by atoms with Gasteiger partial charge in [0.05, 0.1) is 6.61 Å². The van der Waals surface area contributed by atoms with Gasteiger partial charge in [-0.3, -0.25) is 9.59 Å². The number of ether oxygens (including phenoxy) is 2. The molecule has 2 atom stereocenters. The van der Waals surface area contributed by atoms with Crippen molar-refractivity contribution in [2.75, 3.05) is 6.61 Å². The van der Waals surface area contributed by atoms with Crippen LogP contribution in [0.1, 0.15) is 33.1 Å². The molecule has 2 aliphatic rings. The third kappa shape index (κ3) is 1.62. The summed E-state index contributed by atoms with van der Waals surface area (Å²) >= 11 is 0. The number of hydrogen-bond acceptors (Lipinski definition) is 4. The molecular weight excluding hydrogens is 208 g/mol. The Bertz CT molecular complexity index is 358. The van der Waals surface area contributed by atoms with E-state index >= 15 is 0 Å². The van der Waals surface area contributed by atoms with E-state index in [1.165, 1.54) is 5.57 Å². The minimum absolute atomic E-state index is 0.251. The minimum atomic E-state index is -1.05. The Morgan fingerprint density at radius 2 is 2.44 bits per heavy atom. The summed E-state index contributed by atoms with van der Waals surface area (Å²) in [6, 6.07) is 0. The molecule has 16 heavy (non-hydrogen) atoms. The highest BCUT2D eigenvalue weighted by molar-refractivity contribution is 6.01. The Balaban J connectivity index is 2.27. The zero-order valence-corrected chi connectivity index (χ0v) is 9.62. The maximum Gasteiger partial charge on any atom is 0.324 e. The standard InChI is InChI=1S/C12H16O4/c1-3-15-10(13)12-5-4-8(2)6-9(7-12)16-11(12)14/h6,9H,3-5,7H2,1-2H3/t9-,12+/m0/s1. The van der Waals surface area contributed by atoms with Crippen molar-refractivity contribution in [2.45, 2.75) is 39.2 Å². The van der Waals surface area contributed by atoms with Gasteiger partial charge in [0, 0.05) is 6.42 Å². The first-order valence-corrected chi connectivity index (χ1v) is 5.64. The van der Waals surface area contributed by atoms with Crippen LogP contribution < -0.4 is 0 Å². The van der Waals surface area contributed by atoms with Crippen molar-refractivity contribution in [3.8, 4) is 0 Å². The van der Waals surface area contributed by atoms with Crippen LogP contribution in [0, 0.1) is 5.41 Å². The number of carbonyl (C=O) groups excluding carboxylic acids is 2. The molecule has 4 nitrogen and oxygen atoms in total. The molecule has 2 bridgehead atoms. The molecule has 1 aliphatic carbocycles. The third-order valence-electron chi connectivity index (χ3n) is 3.28. The van der Waals surface area contributed by atoms with Gasteiger partial charge in [0.25, 0.3) is 0 Å². The molecule has 1 aliphatic heterocycles. The lowest BCUT2D eigenvalue weighted by atomic mass is 9.81. The van der Waals surface area contributed by atoms with Crippen molar-refractivity contribution in [2.24, 2.45) is 5.41 Å². The van der Waals surface area contributed by atoms with Crippen LogP contribution in [0.15, 0.2) is 11.6 Å². The number of rotatable bonds is 2. The van der Waals surface area contributed by atoms with E-state index in [1.807, 2.05) is 13.0 Å². The lowest BCUT2D eigenvalue weighted by molar-refractivity contribution is -0.165. The van der Waals surface area contributed by atoms with Crippen LogP contribution >= 0.6 is 0 Å². The highest BCUT2D eigenvalue weighted by Crippen LogP contribution is 2.43. The highest BCUT2D eigenvalue weighted by atomic mass is 16.6. The van der Waals surface area contributed by atoms with Gasteiger partial charge in [-0.15, -0.1) is 0 Å². The molecule has 0 saturated carbocycles. The number of hydrogen-bond donors (Lipinski definition) is 0. The molecule has 0 amide bonds. The normalized spacial score (nSPS) is 32.8. The maximum atomic E-state index is 11.9. The molecular formula is C12H16O4. The van der Waals surface area contributed by atoms with E-state index in [4.69, 9.17) is 9.47 Å². The zero-order chi connectivity index (χ0) is 11.8. The van der Waals surface area contributed by atoms with Crippen LogP contribution in [-0.2, 0) is 19.1 Å². The second kappa shape index (κ2) is 3.92. The molecule has 0 aromatic carbocycles. The summed E-state index contributed by atoms with van der Waals surface area (Å²) in [6.07, 6.45) is 3.38. The van der Waals surface area contributed by atoms with Crippen molar-refractivity contribution in [1.82, 2.24) is 0 Å². The summed E-state index contributed by atoms with van der Waals surface area (Å²) in [7, 11) is 0. The Hall–Kier alpha value is -1.32. The average molecular weight is 224 g/mol. The third-order valence-corrected chi connectivity index (χ3v) is 3.28. The van der Waals surface area contributed by atoms with Crippen LogP contribution in [-0.4, -0.2) is 24.6 Å². The molecule has 1 fully saturated rings. The van der Waals surface area contributed by atoms with Crippen molar-refractivity contribution < 1.29 is 19.1 Å². The number of fused-ring (bicyclic) bond motifs is 2. The second-order valence-electron chi connectivity index (χ2n) is 4.46. The van der Waals surface area contributed by atoms with Crippen molar-refractivity contribution in [1.29, 1.82) is 0 Å². The topological polar surface area (TPSA) is 52.6 Å². The van der Waals surface area contributed by atoms with E-state index in [9.17, 15) is 9.59 Å². The van der Waals surface area contributed by atoms with Gasteiger partial charge in [-0.2, -0.15) is 0 Å². The average Bonchev–Trinajstić information content (AvgIpc) is 2.41. The van der Waals surface area contributed by atoms with Gasteiger partial charge in [-0.1, -0.05) is 5.57 Å². The van der Waals surface area contributed by atoms with Crippen molar-refractivity contribution >= 4 is 11.9 Å². The molecule has 0 spiro atoms. The molecule has 0 radical (unpaired) electrons. The number of esters is 2. The zero-order valence-electron chi connectivity index (χ0n) is 9.62. The van der Waals surface area contributed by atoms with Crippen molar-refractivity contribution in [3.05, 3.63) is 11.6 Å². The summed E-state index contributed by atoms with van der Waals surface area (Å²) in [6.45, 7) is 4.03. The van der Waals surface area contributed by atoms with E-state index < -0.39 is 17.4 Å². The largest absolute Gasteiger partial charge is 0.465 e. The van der Waals surface area contributed by atoms with Crippen LogP contribution in [0.2, 0.25) is 0 Å². The summed E-state index contributed by atoms with van der Waals surface area (Å²) in [5.74, 6) is -0.842. The molecule has 88 valence electrons. The van der Waals surface area contributed by atoms with Crippen molar-refractivity contribution in [3.63, 3.8) is 0 Å². The highest BCUT2D eigenvalue weighted by Gasteiger charge is 2.56. The van der Waals surface area contributed by atoms with E-state index in [1.54, 1.807) is 6.92 Å². The van der Waals surface area contributed by atoms with Crippen LogP contribution in [0.3, 0.4) is 0 Å². The van der Waals surface area contributed by atoms with Gasteiger partial charge < -0.3 is 9.47 Å². The molecule has 1 saturated heterocycles. The lowest BCUT2D eigenvalue weighted by Gasteiger charge is -2.21. The molecule has 0 aromatic rings. The SMILES string of the molecule is CCOC(=O)[C@@]12CCC(C)=C[C@@H](C1)OC2=O. The molecule has 0 N–H and O–H groups in total. The Labute approximate surface area is 94.6 Å². The molecule has 4 heteroatoms. The van der Waals surface area contributed by atoms with Gasteiger partial charge >= 0.3 is 11.9 Å². The molecule has 0 unspecified atom stereocenters. The van der Waals surface area contributed by atoms with E-state index in [0.717, 1.165) is 6.42 Å². The summed E-state index contributed by atoms with van der Waals surface area (Å²) in [5.41, 5.74) is 0.123. The van der Waals surface area contributed by atoms with Gasteiger partial charge in [0.2, 0.25) is 0 Å². The quantitative estimate of drug-likeness (QED) is 0.406. The minimum Gasteiger partial charge on any atom is -0.465 e. The molecule has 0 aromatic heterocycles. The Morgan fingerprint density at radius 3 is 3.12 bits per heavy atom. The molecule has 2 rings (SSSR count). The first-order valence-electron chi connectivity index (χ1n) is 5.64. The van der Waals surface area contributed by atoms with Gasteiger partial charge in [-0.25, -0.2) is 0 Å². The second-order valence-corrected chi connectivity index (χ2v) is 4.46. The number of allylic oxidation sites excluding steroid dienone is 1. The van der Waals surface area contributed by atoms with E-state index in [0.29, 0.717) is 19.4 Å². The monoisotopic (exact) mass is 224 g/mol. The Morgan fingerprint density at radius 1 is 1.69 bits per heavy atom. The fraction of sp³-hybridized carbons (Fsp3) is 0.667. The summed E-state index contributed by atoms with van der Waals surface area (Å²) in [4.78, 5) is 23.7. The fourth-order valence-electron chi connectivity index (χ4n) is 2.36. The summed E-state index contributed by atoms with van der Waals surface area (Å²) in [5, 5.41) is 0. The van der Waals surface area contributed by atoms with Gasteiger partial charge in [0.15, 0.2) is 5.41 Å². The fourth-order valence-corrected chi connectivity index (χ4v) is 2.36. The van der Waals surface area contributed by atoms with Crippen LogP contribution in [0.4, 0.5) is 0 Å². The van der Waals surface area contributed by atoms with Crippen LogP contribution in [0.25, 0.3) is 0 Å². The predicted octanol–water partition coefficient (Wildman–Crippen LogP) is 1.59. The van der Waals surface area contributed by atoms with Gasteiger partial charge in [0.1, 0.15) is 6.10 Å². The summed E-state index contributed by atoms with van der Waals surface area (Å²) < 4.78 is 10.2. The first-order chi connectivity index (χ1) is 7.58. The maximum absolute atomic E-state index is 11.9. The van der Waals surface area contributed by atoms with Crippen LogP contribution in [0.5, 0.6) is 0 Å². The predicted molar refractivity (Wildman–Crippen MR) is 56.6 cm³/mol. The first kappa shape index (κ1) is 11.2. The van der Waals surface area contributed by atoms with E-state index in [2.05, 4.69) is 0 Å². The smallest absolute Gasteiger partial charge is 0.324 e. The Kier molecular flexibility index (Phi) is 2.74. The van der Waals surface area contributed by atoms with E-state index in [-0.39, 0.29) is 6.10 Å². The lowest BCUT2D eigenvalue weighted by Crippen LogP contribution is -2.37.